The number of halogens is 4. The fraction of sp³-hybridized carbons (Fsp3) is 0.500. The van der Waals surface area contributed by atoms with Gasteiger partial charge in [-0.05, 0) is 35.6 Å². The van der Waals surface area contributed by atoms with Gasteiger partial charge in [-0.2, -0.15) is 13.2 Å². The average Bonchev–Trinajstić information content (AvgIpc) is 2.15. The third-order valence-corrected chi connectivity index (χ3v) is 3.11. The lowest BCUT2D eigenvalue weighted by molar-refractivity contribution is -0.137. The summed E-state index contributed by atoms with van der Waals surface area (Å²) in [6.45, 7) is 5.74. The second-order valence-electron chi connectivity index (χ2n) is 4.46. The summed E-state index contributed by atoms with van der Waals surface area (Å²) in [7, 11) is 0. The van der Waals surface area contributed by atoms with Gasteiger partial charge in [0.2, 0.25) is 0 Å². The van der Waals surface area contributed by atoms with Crippen LogP contribution in [0.2, 0.25) is 5.02 Å². The minimum Gasteiger partial charge on any atom is -0.166 e. The highest BCUT2D eigenvalue weighted by Crippen LogP contribution is 2.36. The minimum atomic E-state index is -4.34. The third kappa shape index (κ3) is 2.91. The van der Waals surface area contributed by atoms with E-state index in [9.17, 15) is 13.2 Å². The summed E-state index contributed by atoms with van der Waals surface area (Å²) in [5, 5.41) is 0.131. The first-order valence-corrected chi connectivity index (χ1v) is 5.43. The molecule has 4 heteroatoms. The minimum absolute atomic E-state index is 0.131. The molecular weight excluding hydrogens is 237 g/mol. The summed E-state index contributed by atoms with van der Waals surface area (Å²) in [5.74, 6) is 0. The summed E-state index contributed by atoms with van der Waals surface area (Å²) < 4.78 is 37.7. The van der Waals surface area contributed by atoms with Gasteiger partial charge in [-0.15, -0.1) is 0 Å². The summed E-state index contributed by atoms with van der Waals surface area (Å²) in [6, 6.07) is 3.73. The molecule has 0 aromatic heterocycles. The number of hydrogen-bond donors (Lipinski definition) is 0. The summed E-state index contributed by atoms with van der Waals surface area (Å²) in [5.41, 5.74) is -0.364. The van der Waals surface area contributed by atoms with E-state index in [1.807, 2.05) is 20.8 Å². The van der Waals surface area contributed by atoms with Crippen molar-refractivity contribution in [3.8, 4) is 0 Å². The van der Waals surface area contributed by atoms with Crippen LogP contribution >= 0.6 is 11.6 Å². The van der Waals surface area contributed by atoms with E-state index in [1.165, 1.54) is 6.07 Å². The number of benzene rings is 1. The molecule has 90 valence electrons. The molecule has 0 radical (unpaired) electrons. The number of rotatable bonds is 2. The third-order valence-electron chi connectivity index (χ3n) is 2.89. The van der Waals surface area contributed by atoms with Crippen molar-refractivity contribution in [2.45, 2.75) is 38.8 Å². The molecule has 1 aromatic rings. The Hall–Kier alpha value is -0.700. The topological polar surface area (TPSA) is 0 Å². The first kappa shape index (κ1) is 13.4. The first-order valence-electron chi connectivity index (χ1n) is 5.05. The Bertz CT molecular complexity index is 380. The van der Waals surface area contributed by atoms with Crippen molar-refractivity contribution in [3.05, 3.63) is 34.3 Å². The molecule has 0 heterocycles. The van der Waals surface area contributed by atoms with Crippen molar-refractivity contribution >= 4 is 11.6 Å². The van der Waals surface area contributed by atoms with E-state index in [1.54, 1.807) is 6.07 Å². The molecule has 0 atom stereocenters. The zero-order valence-electron chi connectivity index (χ0n) is 9.45. The molecule has 0 amide bonds. The van der Waals surface area contributed by atoms with Crippen molar-refractivity contribution in [2.75, 3.05) is 0 Å². The Morgan fingerprint density at radius 1 is 1.06 bits per heavy atom. The van der Waals surface area contributed by atoms with Crippen LogP contribution in [0.1, 0.15) is 38.3 Å². The van der Waals surface area contributed by atoms with Gasteiger partial charge in [0.25, 0.3) is 0 Å². The zero-order valence-corrected chi connectivity index (χ0v) is 10.2. The van der Waals surface area contributed by atoms with Gasteiger partial charge in [0, 0.05) is 5.02 Å². The standard InChI is InChI=1S/C12H14ClF3/c1-4-11(2,3)8-5-9(12(14,15)16)7-10(13)6-8/h5-7H,4H2,1-3H3. The van der Waals surface area contributed by atoms with E-state index in [2.05, 4.69) is 0 Å². The van der Waals surface area contributed by atoms with Crippen molar-refractivity contribution in [1.82, 2.24) is 0 Å². The molecule has 0 saturated heterocycles. The van der Waals surface area contributed by atoms with E-state index in [4.69, 9.17) is 11.6 Å². The van der Waals surface area contributed by atoms with Gasteiger partial charge in [0.15, 0.2) is 0 Å². The lowest BCUT2D eigenvalue weighted by Crippen LogP contribution is -2.17. The predicted octanol–water partition coefficient (Wildman–Crippen LogP) is 5.05. The SMILES string of the molecule is CCC(C)(C)c1cc(Cl)cc(C(F)(F)F)c1. The summed E-state index contributed by atoms with van der Waals surface area (Å²) >= 11 is 5.72. The van der Waals surface area contributed by atoms with E-state index >= 15 is 0 Å². The zero-order chi connectivity index (χ0) is 12.6. The van der Waals surface area contributed by atoms with E-state index in [-0.39, 0.29) is 10.4 Å². The van der Waals surface area contributed by atoms with Crippen molar-refractivity contribution in [1.29, 1.82) is 0 Å². The molecule has 0 unspecified atom stereocenters. The smallest absolute Gasteiger partial charge is 0.166 e. The monoisotopic (exact) mass is 250 g/mol. The Kier molecular flexibility index (Phi) is 3.58. The Morgan fingerprint density at radius 2 is 1.56 bits per heavy atom. The highest BCUT2D eigenvalue weighted by atomic mass is 35.5. The lowest BCUT2D eigenvalue weighted by atomic mass is 9.81. The predicted molar refractivity (Wildman–Crippen MR) is 59.8 cm³/mol. The van der Waals surface area contributed by atoms with Crippen LogP contribution in [0, 0.1) is 0 Å². The Morgan fingerprint density at radius 3 is 2.00 bits per heavy atom. The van der Waals surface area contributed by atoms with Crippen LogP contribution < -0.4 is 0 Å². The molecule has 0 aliphatic heterocycles. The van der Waals surface area contributed by atoms with Gasteiger partial charge in [0.1, 0.15) is 0 Å². The van der Waals surface area contributed by atoms with Crippen molar-refractivity contribution in [2.24, 2.45) is 0 Å². The molecule has 16 heavy (non-hydrogen) atoms. The molecule has 0 bridgehead atoms. The van der Waals surface area contributed by atoms with Gasteiger partial charge in [-0.3, -0.25) is 0 Å². The van der Waals surface area contributed by atoms with Gasteiger partial charge in [-0.1, -0.05) is 32.4 Å². The van der Waals surface area contributed by atoms with E-state index in [0.29, 0.717) is 5.56 Å². The fourth-order valence-electron chi connectivity index (χ4n) is 1.35. The van der Waals surface area contributed by atoms with Crippen LogP contribution in [0.5, 0.6) is 0 Å². The largest absolute Gasteiger partial charge is 0.416 e. The molecule has 0 nitrogen and oxygen atoms in total. The molecule has 0 spiro atoms. The highest BCUT2D eigenvalue weighted by Gasteiger charge is 2.32. The van der Waals surface area contributed by atoms with Crippen molar-refractivity contribution in [3.63, 3.8) is 0 Å². The second kappa shape index (κ2) is 4.28. The van der Waals surface area contributed by atoms with Crippen LogP contribution in [-0.4, -0.2) is 0 Å². The van der Waals surface area contributed by atoms with Gasteiger partial charge < -0.3 is 0 Å². The lowest BCUT2D eigenvalue weighted by Gasteiger charge is -2.24. The molecule has 1 aromatic carbocycles. The van der Waals surface area contributed by atoms with Gasteiger partial charge in [-0.25, -0.2) is 0 Å². The number of hydrogen-bond acceptors (Lipinski definition) is 0. The maximum absolute atomic E-state index is 12.6. The van der Waals surface area contributed by atoms with Crippen LogP contribution in [0.4, 0.5) is 13.2 Å². The molecular formula is C12H14ClF3. The maximum Gasteiger partial charge on any atom is 0.416 e. The molecule has 0 aliphatic rings. The molecule has 0 N–H and O–H groups in total. The highest BCUT2D eigenvalue weighted by molar-refractivity contribution is 6.30. The molecule has 0 aliphatic carbocycles. The quantitative estimate of drug-likeness (QED) is 0.689. The van der Waals surface area contributed by atoms with Crippen LogP contribution in [0.25, 0.3) is 0 Å². The Labute approximate surface area is 98.4 Å². The number of alkyl halides is 3. The molecule has 0 fully saturated rings. The van der Waals surface area contributed by atoms with Crippen LogP contribution in [0.3, 0.4) is 0 Å². The van der Waals surface area contributed by atoms with E-state index < -0.39 is 11.7 Å². The van der Waals surface area contributed by atoms with Crippen LogP contribution in [0.15, 0.2) is 18.2 Å². The van der Waals surface area contributed by atoms with Gasteiger partial charge in [0.05, 0.1) is 5.56 Å². The van der Waals surface area contributed by atoms with Crippen molar-refractivity contribution < 1.29 is 13.2 Å². The first-order chi connectivity index (χ1) is 7.16. The summed E-state index contributed by atoms with van der Waals surface area (Å²) in [4.78, 5) is 0. The normalized spacial score (nSPS) is 12.9. The Balaban J connectivity index is 3.29. The van der Waals surface area contributed by atoms with E-state index in [0.717, 1.165) is 12.5 Å². The maximum atomic E-state index is 12.6. The fourth-order valence-corrected chi connectivity index (χ4v) is 1.58. The van der Waals surface area contributed by atoms with Crippen LogP contribution in [-0.2, 0) is 11.6 Å². The van der Waals surface area contributed by atoms with Gasteiger partial charge >= 0.3 is 6.18 Å². The second-order valence-corrected chi connectivity index (χ2v) is 4.90. The summed E-state index contributed by atoms with van der Waals surface area (Å²) in [6.07, 6.45) is -3.59. The molecule has 0 saturated carbocycles. The molecule has 1 rings (SSSR count). The average molecular weight is 251 g/mol.